The molecule has 0 aliphatic rings. The van der Waals surface area contributed by atoms with Crippen LogP contribution in [0.3, 0.4) is 0 Å². The summed E-state index contributed by atoms with van der Waals surface area (Å²) < 4.78 is 5.29. The van der Waals surface area contributed by atoms with E-state index in [9.17, 15) is 9.59 Å². The standard InChI is InChI=1S/C32H29N7O2S/c1-4-38-30(25-19-27(22-13-7-5-8-14-22)33-26-18-12-11-17-24(25)26)35-36-32(38)42-20-28(40)34-29-21(2)37(3)39(31(29)41)23-15-9-6-10-16-23/h5-19H,4,20H2,1-3H3,(H,34,40). The van der Waals surface area contributed by atoms with Gasteiger partial charge in [0.1, 0.15) is 5.69 Å². The summed E-state index contributed by atoms with van der Waals surface area (Å²) in [6.07, 6.45) is 0. The Hall–Kier alpha value is -4.96. The Morgan fingerprint density at radius 1 is 0.929 bits per heavy atom. The molecule has 3 aromatic heterocycles. The normalized spacial score (nSPS) is 11.2. The number of benzene rings is 3. The van der Waals surface area contributed by atoms with E-state index in [4.69, 9.17) is 4.98 Å². The van der Waals surface area contributed by atoms with Crippen molar-refractivity contribution in [3.8, 4) is 28.3 Å². The summed E-state index contributed by atoms with van der Waals surface area (Å²) in [4.78, 5) is 31.1. The Morgan fingerprint density at radius 2 is 1.62 bits per heavy atom. The highest BCUT2D eigenvalue weighted by Crippen LogP contribution is 2.33. The molecule has 0 aliphatic heterocycles. The van der Waals surface area contributed by atoms with Gasteiger partial charge in [-0.3, -0.25) is 14.3 Å². The molecule has 0 radical (unpaired) electrons. The van der Waals surface area contributed by atoms with Crippen molar-refractivity contribution in [2.75, 3.05) is 11.1 Å². The summed E-state index contributed by atoms with van der Waals surface area (Å²) >= 11 is 1.29. The average Bonchev–Trinajstić information content (AvgIpc) is 3.53. The van der Waals surface area contributed by atoms with Crippen LogP contribution >= 0.6 is 11.8 Å². The number of aromatic nitrogens is 6. The van der Waals surface area contributed by atoms with Crippen LogP contribution in [0.2, 0.25) is 0 Å². The van der Waals surface area contributed by atoms with Gasteiger partial charge in [-0.05, 0) is 38.1 Å². The topological polar surface area (TPSA) is 99.6 Å². The number of nitrogens with one attached hydrogen (secondary N) is 1. The number of amides is 1. The van der Waals surface area contributed by atoms with Crippen molar-refractivity contribution in [3.63, 3.8) is 0 Å². The van der Waals surface area contributed by atoms with E-state index < -0.39 is 0 Å². The maximum Gasteiger partial charge on any atom is 0.295 e. The largest absolute Gasteiger partial charge is 0.319 e. The maximum atomic E-state index is 13.2. The molecule has 9 nitrogen and oxygen atoms in total. The van der Waals surface area contributed by atoms with E-state index in [0.717, 1.165) is 33.4 Å². The third-order valence-electron chi connectivity index (χ3n) is 7.21. The van der Waals surface area contributed by atoms with E-state index >= 15 is 0 Å². The van der Waals surface area contributed by atoms with Gasteiger partial charge in [-0.2, -0.15) is 0 Å². The van der Waals surface area contributed by atoms with Gasteiger partial charge in [0.25, 0.3) is 5.56 Å². The molecule has 0 saturated carbocycles. The molecule has 10 heteroatoms. The third-order valence-corrected chi connectivity index (χ3v) is 8.18. The predicted molar refractivity (Wildman–Crippen MR) is 167 cm³/mol. The Labute approximate surface area is 246 Å². The van der Waals surface area contributed by atoms with Crippen LogP contribution in [0, 0.1) is 6.92 Å². The van der Waals surface area contributed by atoms with Gasteiger partial charge >= 0.3 is 0 Å². The van der Waals surface area contributed by atoms with Crippen LogP contribution in [0.1, 0.15) is 12.6 Å². The van der Waals surface area contributed by atoms with E-state index in [-0.39, 0.29) is 22.9 Å². The summed E-state index contributed by atoms with van der Waals surface area (Å²) in [6, 6.07) is 29.4. The van der Waals surface area contributed by atoms with Gasteiger partial charge in [0.15, 0.2) is 11.0 Å². The molecular formula is C32H29N7O2S. The molecule has 0 spiro atoms. The van der Waals surface area contributed by atoms with Crippen molar-refractivity contribution in [1.82, 2.24) is 29.1 Å². The first kappa shape index (κ1) is 27.2. The van der Waals surface area contributed by atoms with Gasteiger partial charge < -0.3 is 9.88 Å². The molecule has 0 fully saturated rings. The molecule has 1 amide bonds. The lowest BCUT2D eigenvalue weighted by atomic mass is 10.0. The zero-order chi connectivity index (χ0) is 29.2. The second-order valence-corrected chi connectivity index (χ2v) is 10.7. The van der Waals surface area contributed by atoms with Crippen LogP contribution in [-0.4, -0.2) is 40.8 Å². The Bertz CT molecular complexity index is 1960. The molecule has 0 atom stereocenters. The number of rotatable bonds is 8. The Kier molecular flexibility index (Phi) is 7.45. The number of thioether (sulfide) groups is 1. The highest BCUT2D eigenvalue weighted by atomic mass is 32.2. The van der Waals surface area contributed by atoms with Crippen molar-refractivity contribution >= 4 is 34.3 Å². The van der Waals surface area contributed by atoms with E-state index in [1.807, 2.05) is 109 Å². The number of carbonyl (C=O) groups is 1. The molecule has 0 unspecified atom stereocenters. The van der Waals surface area contributed by atoms with Gasteiger partial charge in [0.2, 0.25) is 5.91 Å². The number of hydrogen-bond donors (Lipinski definition) is 1. The third kappa shape index (κ3) is 5.01. The van der Waals surface area contributed by atoms with Gasteiger partial charge in [-0.25, -0.2) is 9.67 Å². The van der Waals surface area contributed by atoms with Crippen molar-refractivity contribution in [2.45, 2.75) is 25.5 Å². The minimum absolute atomic E-state index is 0.0730. The molecule has 1 N–H and O–H groups in total. The minimum atomic E-state index is -0.293. The van der Waals surface area contributed by atoms with Gasteiger partial charge in [-0.15, -0.1) is 10.2 Å². The van der Waals surface area contributed by atoms with Gasteiger partial charge in [0, 0.05) is 30.1 Å². The maximum absolute atomic E-state index is 13.2. The smallest absolute Gasteiger partial charge is 0.295 e. The van der Waals surface area contributed by atoms with Crippen LogP contribution in [0.4, 0.5) is 5.69 Å². The zero-order valence-electron chi connectivity index (χ0n) is 23.5. The number of para-hydroxylation sites is 2. The average molecular weight is 576 g/mol. The van der Waals surface area contributed by atoms with Gasteiger partial charge in [-0.1, -0.05) is 78.5 Å². The van der Waals surface area contributed by atoms with Crippen LogP contribution < -0.4 is 10.9 Å². The number of nitrogens with zero attached hydrogens (tertiary/aromatic N) is 6. The van der Waals surface area contributed by atoms with Crippen molar-refractivity contribution in [3.05, 3.63) is 107 Å². The fraction of sp³-hybridized carbons (Fsp3) is 0.156. The molecule has 6 aromatic rings. The molecule has 42 heavy (non-hydrogen) atoms. The van der Waals surface area contributed by atoms with E-state index in [1.165, 1.54) is 11.8 Å². The van der Waals surface area contributed by atoms with Crippen LogP contribution in [0.5, 0.6) is 0 Å². The lowest BCUT2D eigenvalue weighted by molar-refractivity contribution is -0.113. The van der Waals surface area contributed by atoms with Gasteiger partial charge in [0.05, 0.1) is 28.3 Å². The fourth-order valence-corrected chi connectivity index (χ4v) is 5.82. The molecule has 3 heterocycles. The molecule has 0 saturated heterocycles. The first-order chi connectivity index (χ1) is 20.5. The number of carbonyl (C=O) groups excluding carboxylic acids is 1. The summed E-state index contributed by atoms with van der Waals surface area (Å²) in [5, 5.41) is 13.4. The van der Waals surface area contributed by atoms with Crippen molar-refractivity contribution < 1.29 is 4.79 Å². The van der Waals surface area contributed by atoms with E-state index in [2.05, 4.69) is 15.5 Å². The molecule has 210 valence electrons. The lowest BCUT2D eigenvalue weighted by Crippen LogP contribution is -2.23. The zero-order valence-corrected chi connectivity index (χ0v) is 24.3. The predicted octanol–water partition coefficient (Wildman–Crippen LogP) is 5.71. The summed E-state index contributed by atoms with van der Waals surface area (Å²) in [5.41, 5.74) is 5.03. The van der Waals surface area contributed by atoms with Crippen molar-refractivity contribution in [1.29, 1.82) is 0 Å². The second-order valence-electron chi connectivity index (χ2n) is 9.76. The first-order valence-corrected chi connectivity index (χ1v) is 14.6. The molecule has 6 rings (SSSR count). The SMILES string of the molecule is CCn1c(SCC(=O)Nc2c(C)n(C)n(-c3ccccc3)c2=O)nnc1-c1cc(-c2ccccc2)nc2ccccc12. The minimum Gasteiger partial charge on any atom is -0.319 e. The number of pyridine rings is 1. The highest BCUT2D eigenvalue weighted by molar-refractivity contribution is 7.99. The summed E-state index contributed by atoms with van der Waals surface area (Å²) in [6.45, 7) is 4.45. The highest BCUT2D eigenvalue weighted by Gasteiger charge is 2.21. The molecule has 0 bridgehead atoms. The van der Waals surface area contributed by atoms with Crippen LogP contribution in [0.15, 0.2) is 101 Å². The van der Waals surface area contributed by atoms with Crippen LogP contribution in [-0.2, 0) is 18.4 Å². The fourth-order valence-electron chi connectivity index (χ4n) is 5.01. The van der Waals surface area contributed by atoms with E-state index in [0.29, 0.717) is 23.2 Å². The van der Waals surface area contributed by atoms with Crippen molar-refractivity contribution in [2.24, 2.45) is 7.05 Å². The Morgan fingerprint density at radius 3 is 2.36 bits per heavy atom. The number of anilines is 1. The van der Waals surface area contributed by atoms with E-state index in [1.54, 1.807) is 16.4 Å². The first-order valence-electron chi connectivity index (χ1n) is 13.6. The summed E-state index contributed by atoms with van der Waals surface area (Å²) in [7, 11) is 1.80. The number of hydrogen-bond acceptors (Lipinski definition) is 6. The number of fused-ring (bicyclic) bond motifs is 1. The lowest BCUT2D eigenvalue weighted by Gasteiger charge is -2.12. The second kappa shape index (κ2) is 11.5. The Balaban J connectivity index is 1.27. The summed E-state index contributed by atoms with van der Waals surface area (Å²) in [5.74, 6) is 0.489. The molecule has 3 aromatic carbocycles. The monoisotopic (exact) mass is 575 g/mol. The molecular weight excluding hydrogens is 546 g/mol. The van der Waals surface area contributed by atoms with Crippen LogP contribution in [0.25, 0.3) is 39.2 Å². The molecule has 0 aliphatic carbocycles. The quantitative estimate of drug-likeness (QED) is 0.234.